The van der Waals surface area contributed by atoms with Crippen LogP contribution < -0.4 is 0 Å². The standard InChI is InChI=1S/C19H22FN5/c1-23-8-7-21-18(23)14-25-11-9-24(10-12-25)13-15-4-5-17(20)16-3-2-6-22-19(15)16/h2-8H,9-14H2,1H3. The minimum absolute atomic E-state index is 0.202. The predicted octanol–water partition coefficient (Wildman–Crippen LogP) is 2.43. The number of aromatic nitrogens is 3. The largest absolute Gasteiger partial charge is 0.337 e. The fourth-order valence-corrected chi connectivity index (χ4v) is 3.42. The van der Waals surface area contributed by atoms with Crippen LogP contribution in [0, 0.1) is 5.82 Å². The van der Waals surface area contributed by atoms with Gasteiger partial charge in [0.05, 0.1) is 12.1 Å². The summed E-state index contributed by atoms with van der Waals surface area (Å²) in [7, 11) is 2.03. The first kappa shape index (κ1) is 16.2. The van der Waals surface area contributed by atoms with Crippen molar-refractivity contribution in [3.63, 3.8) is 0 Å². The quantitative estimate of drug-likeness (QED) is 0.732. The molecule has 1 aliphatic rings. The lowest BCUT2D eigenvalue weighted by molar-refractivity contribution is 0.119. The number of aryl methyl sites for hydroxylation is 1. The number of imidazole rings is 1. The van der Waals surface area contributed by atoms with Gasteiger partial charge in [-0.25, -0.2) is 9.37 Å². The molecule has 5 nitrogen and oxygen atoms in total. The van der Waals surface area contributed by atoms with Crippen molar-refractivity contribution in [2.24, 2.45) is 7.05 Å². The Morgan fingerprint density at radius 1 is 0.960 bits per heavy atom. The van der Waals surface area contributed by atoms with Gasteiger partial charge >= 0.3 is 0 Å². The number of rotatable bonds is 4. The number of hydrogen-bond donors (Lipinski definition) is 0. The third-order valence-electron chi connectivity index (χ3n) is 4.94. The van der Waals surface area contributed by atoms with Crippen LogP contribution in [0.3, 0.4) is 0 Å². The summed E-state index contributed by atoms with van der Waals surface area (Å²) in [6, 6.07) is 7.00. The third kappa shape index (κ3) is 3.41. The van der Waals surface area contributed by atoms with Gasteiger partial charge in [-0.3, -0.25) is 14.8 Å². The van der Waals surface area contributed by atoms with Crippen molar-refractivity contribution in [1.29, 1.82) is 0 Å². The fraction of sp³-hybridized carbons (Fsp3) is 0.368. The molecule has 0 atom stereocenters. The first-order valence-electron chi connectivity index (χ1n) is 8.64. The van der Waals surface area contributed by atoms with Gasteiger partial charge in [-0.1, -0.05) is 6.07 Å². The molecule has 6 heteroatoms. The molecule has 0 radical (unpaired) electrons. The summed E-state index contributed by atoms with van der Waals surface area (Å²) in [5.74, 6) is 0.897. The van der Waals surface area contributed by atoms with Crippen LogP contribution in [0.2, 0.25) is 0 Å². The van der Waals surface area contributed by atoms with Crippen LogP contribution >= 0.6 is 0 Å². The van der Waals surface area contributed by atoms with Crippen molar-refractivity contribution in [3.8, 4) is 0 Å². The number of piperazine rings is 1. The SMILES string of the molecule is Cn1ccnc1CN1CCN(Cc2ccc(F)c3cccnc23)CC1. The summed E-state index contributed by atoms with van der Waals surface area (Å²) in [5.41, 5.74) is 1.87. The molecular formula is C19H22FN5. The average Bonchev–Trinajstić information content (AvgIpc) is 3.04. The van der Waals surface area contributed by atoms with E-state index >= 15 is 0 Å². The Kier molecular flexibility index (Phi) is 4.46. The summed E-state index contributed by atoms with van der Waals surface area (Å²) in [5, 5.41) is 0.605. The molecule has 0 unspecified atom stereocenters. The molecule has 0 saturated carbocycles. The maximum atomic E-state index is 13.9. The van der Waals surface area contributed by atoms with Gasteiger partial charge < -0.3 is 4.57 Å². The highest BCUT2D eigenvalue weighted by Crippen LogP contribution is 2.21. The lowest BCUT2D eigenvalue weighted by Crippen LogP contribution is -2.45. The number of pyridine rings is 1. The van der Waals surface area contributed by atoms with E-state index in [9.17, 15) is 4.39 Å². The van der Waals surface area contributed by atoms with E-state index in [2.05, 4.69) is 24.3 Å². The number of nitrogens with zero attached hydrogens (tertiary/aromatic N) is 5. The molecule has 0 bridgehead atoms. The zero-order chi connectivity index (χ0) is 17.2. The van der Waals surface area contributed by atoms with Crippen molar-refractivity contribution in [2.75, 3.05) is 26.2 Å². The van der Waals surface area contributed by atoms with Gasteiger partial charge in [-0.2, -0.15) is 0 Å². The molecule has 2 aromatic heterocycles. The van der Waals surface area contributed by atoms with E-state index in [4.69, 9.17) is 0 Å². The predicted molar refractivity (Wildman–Crippen MR) is 95.5 cm³/mol. The minimum Gasteiger partial charge on any atom is -0.337 e. The Hall–Kier alpha value is -2.31. The van der Waals surface area contributed by atoms with Crippen LogP contribution in [0.5, 0.6) is 0 Å². The van der Waals surface area contributed by atoms with E-state index in [-0.39, 0.29) is 5.82 Å². The summed E-state index contributed by atoms with van der Waals surface area (Å²) in [6.07, 6.45) is 5.56. The second-order valence-electron chi connectivity index (χ2n) is 6.61. The van der Waals surface area contributed by atoms with Gasteiger partial charge in [0.2, 0.25) is 0 Å². The third-order valence-corrected chi connectivity index (χ3v) is 4.94. The Morgan fingerprint density at radius 3 is 2.44 bits per heavy atom. The van der Waals surface area contributed by atoms with E-state index in [1.165, 1.54) is 0 Å². The van der Waals surface area contributed by atoms with Crippen LogP contribution in [-0.2, 0) is 20.1 Å². The van der Waals surface area contributed by atoms with Gasteiger partial charge in [-0.15, -0.1) is 0 Å². The molecule has 0 N–H and O–H groups in total. The Balaban J connectivity index is 1.41. The highest BCUT2D eigenvalue weighted by Gasteiger charge is 2.19. The first-order chi connectivity index (χ1) is 12.2. The Morgan fingerprint density at radius 2 is 1.72 bits per heavy atom. The van der Waals surface area contributed by atoms with E-state index in [0.717, 1.165) is 56.2 Å². The summed E-state index contributed by atoms with van der Waals surface area (Å²) in [6.45, 7) is 5.72. The molecular weight excluding hydrogens is 317 g/mol. The highest BCUT2D eigenvalue weighted by molar-refractivity contribution is 5.82. The molecule has 0 aliphatic carbocycles. The number of fused-ring (bicyclic) bond motifs is 1. The van der Waals surface area contributed by atoms with Crippen LogP contribution in [0.25, 0.3) is 10.9 Å². The maximum absolute atomic E-state index is 13.9. The molecule has 1 aromatic carbocycles. The van der Waals surface area contributed by atoms with Crippen LogP contribution in [0.4, 0.5) is 4.39 Å². The second kappa shape index (κ2) is 6.90. The van der Waals surface area contributed by atoms with E-state index in [0.29, 0.717) is 5.39 Å². The molecule has 1 aliphatic heterocycles. The van der Waals surface area contributed by atoms with Gasteiger partial charge in [0.15, 0.2) is 0 Å². The van der Waals surface area contributed by atoms with Crippen LogP contribution in [-0.4, -0.2) is 50.5 Å². The topological polar surface area (TPSA) is 37.2 Å². The molecule has 130 valence electrons. The zero-order valence-electron chi connectivity index (χ0n) is 14.4. The number of benzene rings is 1. The Labute approximate surface area is 146 Å². The second-order valence-corrected chi connectivity index (χ2v) is 6.61. The fourth-order valence-electron chi connectivity index (χ4n) is 3.42. The highest BCUT2D eigenvalue weighted by atomic mass is 19.1. The van der Waals surface area contributed by atoms with Gasteiger partial charge in [0.25, 0.3) is 0 Å². The maximum Gasteiger partial charge on any atom is 0.132 e. The zero-order valence-corrected chi connectivity index (χ0v) is 14.4. The summed E-state index contributed by atoms with van der Waals surface area (Å²) in [4.78, 5) is 13.6. The normalized spacial score (nSPS) is 16.6. The van der Waals surface area contributed by atoms with E-state index in [1.54, 1.807) is 24.4 Å². The molecule has 1 saturated heterocycles. The first-order valence-corrected chi connectivity index (χ1v) is 8.64. The minimum atomic E-state index is -0.202. The smallest absolute Gasteiger partial charge is 0.132 e. The monoisotopic (exact) mass is 339 g/mol. The summed E-state index contributed by atoms with van der Waals surface area (Å²) < 4.78 is 16.0. The molecule has 25 heavy (non-hydrogen) atoms. The van der Waals surface area contributed by atoms with Crippen molar-refractivity contribution >= 4 is 10.9 Å². The van der Waals surface area contributed by atoms with Crippen molar-refractivity contribution < 1.29 is 4.39 Å². The average molecular weight is 339 g/mol. The van der Waals surface area contributed by atoms with Crippen molar-refractivity contribution in [2.45, 2.75) is 13.1 Å². The molecule has 1 fully saturated rings. The van der Waals surface area contributed by atoms with Gasteiger partial charge in [-0.05, 0) is 23.8 Å². The Bertz CT molecular complexity index is 867. The molecule has 0 spiro atoms. The molecule has 3 heterocycles. The van der Waals surface area contributed by atoms with Crippen LogP contribution in [0.1, 0.15) is 11.4 Å². The van der Waals surface area contributed by atoms with E-state index < -0.39 is 0 Å². The van der Waals surface area contributed by atoms with E-state index in [1.807, 2.05) is 25.5 Å². The summed E-state index contributed by atoms with van der Waals surface area (Å²) >= 11 is 0. The van der Waals surface area contributed by atoms with Crippen molar-refractivity contribution in [3.05, 3.63) is 60.1 Å². The number of hydrogen-bond acceptors (Lipinski definition) is 4. The lowest BCUT2D eigenvalue weighted by atomic mass is 10.1. The lowest BCUT2D eigenvalue weighted by Gasteiger charge is -2.34. The molecule has 3 aromatic rings. The van der Waals surface area contributed by atoms with Gasteiger partial charge in [0.1, 0.15) is 11.6 Å². The molecule has 0 amide bonds. The van der Waals surface area contributed by atoms with Crippen molar-refractivity contribution in [1.82, 2.24) is 24.3 Å². The van der Waals surface area contributed by atoms with Crippen LogP contribution in [0.15, 0.2) is 42.9 Å². The van der Waals surface area contributed by atoms with Gasteiger partial charge in [0, 0.05) is 63.7 Å². The number of halogens is 1. The molecule has 4 rings (SSSR count).